The topological polar surface area (TPSA) is 90.9 Å². The lowest BCUT2D eigenvalue weighted by molar-refractivity contribution is -0.143. The average molecular weight is 539 g/mol. The van der Waals surface area contributed by atoms with Crippen molar-refractivity contribution in [3.05, 3.63) is 41.5 Å². The molecule has 0 N–H and O–H groups in total. The Morgan fingerprint density at radius 3 is 2.33 bits per heavy atom. The molecule has 0 saturated carbocycles. The van der Waals surface area contributed by atoms with Gasteiger partial charge < -0.3 is 37.9 Å². The van der Waals surface area contributed by atoms with Crippen LogP contribution in [0.4, 0.5) is 0 Å². The van der Waals surface area contributed by atoms with E-state index in [-0.39, 0.29) is 19.5 Å². The molecule has 2 atom stereocenters. The predicted octanol–water partition coefficient (Wildman–Crippen LogP) is 5.52. The zero-order chi connectivity index (χ0) is 27.5. The Balaban J connectivity index is 0.00000151. The molecule has 3 aromatic rings. The monoisotopic (exact) mass is 538 g/mol. The van der Waals surface area contributed by atoms with E-state index in [1.54, 1.807) is 21.3 Å². The molecule has 3 heterocycles. The van der Waals surface area contributed by atoms with Crippen molar-refractivity contribution in [3.8, 4) is 39.9 Å². The van der Waals surface area contributed by atoms with Gasteiger partial charge in [-0.1, -0.05) is 19.9 Å². The number of rotatable bonds is 6. The zero-order valence-electron chi connectivity index (χ0n) is 23.0. The minimum absolute atomic E-state index is 0.0355. The van der Waals surface area contributed by atoms with Crippen molar-refractivity contribution in [1.82, 2.24) is 0 Å². The van der Waals surface area contributed by atoms with E-state index >= 15 is 0 Å². The molecule has 208 valence electrons. The molecule has 0 amide bonds. The second kappa shape index (κ2) is 11.6. The summed E-state index contributed by atoms with van der Waals surface area (Å²) >= 11 is 0. The number of carbonyl (C=O) groups excluding carboxylic acids is 1. The third-order valence-electron chi connectivity index (χ3n) is 7.10. The molecule has 3 aliphatic heterocycles. The van der Waals surface area contributed by atoms with E-state index in [9.17, 15) is 4.79 Å². The second-order valence-corrected chi connectivity index (χ2v) is 9.06. The molecule has 39 heavy (non-hydrogen) atoms. The van der Waals surface area contributed by atoms with Gasteiger partial charge >= 0.3 is 5.97 Å². The quantitative estimate of drug-likeness (QED) is 0.376. The number of hydrogen-bond donors (Lipinski definition) is 0. The van der Waals surface area contributed by atoms with Crippen molar-refractivity contribution < 1.29 is 42.7 Å². The summed E-state index contributed by atoms with van der Waals surface area (Å²) in [5.74, 6) is 2.52. The average Bonchev–Trinajstić information content (AvgIpc) is 3.46. The smallest absolute Gasteiger partial charge is 0.339 e. The molecular weight excluding hydrogens is 504 g/mol. The first-order valence-electron chi connectivity index (χ1n) is 13.2. The van der Waals surface area contributed by atoms with E-state index in [1.807, 2.05) is 44.2 Å². The summed E-state index contributed by atoms with van der Waals surface area (Å²) in [6.45, 7) is 4.94. The number of esters is 1. The Morgan fingerprint density at radius 2 is 1.59 bits per heavy atom. The molecule has 1 saturated heterocycles. The molecular formula is C30H34O9. The Kier molecular flexibility index (Phi) is 7.99. The largest absolute Gasteiger partial charge is 0.493 e. The molecule has 3 aliphatic rings. The highest BCUT2D eigenvalue weighted by Gasteiger charge is 2.33. The highest BCUT2D eigenvalue weighted by Crippen LogP contribution is 2.49. The van der Waals surface area contributed by atoms with Gasteiger partial charge in [0.15, 0.2) is 23.0 Å². The molecule has 0 spiro atoms. The molecule has 0 aliphatic carbocycles. The number of hydrogen-bond acceptors (Lipinski definition) is 9. The molecule has 6 rings (SSSR count). The molecule has 3 aromatic carbocycles. The van der Waals surface area contributed by atoms with E-state index in [0.717, 1.165) is 28.3 Å². The maximum atomic E-state index is 13.3. The van der Waals surface area contributed by atoms with Crippen LogP contribution in [-0.2, 0) is 20.6 Å². The van der Waals surface area contributed by atoms with Crippen LogP contribution in [0.25, 0.3) is 21.9 Å². The molecule has 1 fully saturated rings. The van der Waals surface area contributed by atoms with Crippen molar-refractivity contribution in [2.45, 2.75) is 45.5 Å². The van der Waals surface area contributed by atoms with Crippen LogP contribution in [0.15, 0.2) is 30.3 Å². The van der Waals surface area contributed by atoms with E-state index in [4.69, 9.17) is 37.9 Å². The Morgan fingerprint density at radius 1 is 0.846 bits per heavy atom. The van der Waals surface area contributed by atoms with Crippen LogP contribution in [0.3, 0.4) is 0 Å². The van der Waals surface area contributed by atoms with Crippen LogP contribution in [0.5, 0.6) is 28.7 Å². The Labute approximate surface area is 227 Å². The fourth-order valence-electron chi connectivity index (χ4n) is 5.26. The molecule has 9 heteroatoms. The third-order valence-corrected chi connectivity index (χ3v) is 7.10. The highest BCUT2D eigenvalue weighted by atomic mass is 16.7. The van der Waals surface area contributed by atoms with Crippen LogP contribution in [-0.4, -0.2) is 59.7 Å². The fourth-order valence-corrected chi connectivity index (χ4v) is 5.26. The number of benzene rings is 3. The van der Waals surface area contributed by atoms with Crippen molar-refractivity contribution >= 4 is 16.7 Å². The first-order chi connectivity index (χ1) is 19.1. The molecule has 9 nitrogen and oxygen atoms in total. The van der Waals surface area contributed by atoms with E-state index in [2.05, 4.69) is 0 Å². The van der Waals surface area contributed by atoms with Gasteiger partial charge in [-0.3, -0.25) is 0 Å². The van der Waals surface area contributed by atoms with Gasteiger partial charge in [-0.05, 0) is 41.6 Å². The summed E-state index contributed by atoms with van der Waals surface area (Å²) < 4.78 is 46.0. The molecule has 0 radical (unpaired) electrons. The van der Waals surface area contributed by atoms with Gasteiger partial charge in [-0.2, -0.15) is 0 Å². The van der Waals surface area contributed by atoms with Gasteiger partial charge in [0.2, 0.25) is 13.1 Å². The van der Waals surface area contributed by atoms with Crippen LogP contribution in [0, 0.1) is 0 Å². The summed E-state index contributed by atoms with van der Waals surface area (Å²) in [4.78, 5) is 13.3. The maximum Gasteiger partial charge on any atom is 0.339 e. The lowest BCUT2D eigenvalue weighted by Crippen LogP contribution is -2.34. The minimum atomic E-state index is -0.520. The van der Waals surface area contributed by atoms with Gasteiger partial charge in [0.25, 0.3) is 0 Å². The maximum absolute atomic E-state index is 13.3. The van der Waals surface area contributed by atoms with Crippen LogP contribution in [0.2, 0.25) is 0 Å². The first-order valence-corrected chi connectivity index (χ1v) is 13.2. The highest BCUT2D eigenvalue weighted by molar-refractivity contribution is 6.13. The second-order valence-electron chi connectivity index (χ2n) is 9.06. The number of fused-ring (bicyclic) bond motifs is 3. The molecule has 0 bridgehead atoms. The Bertz CT molecular complexity index is 1370. The number of cyclic esters (lactones) is 1. The predicted molar refractivity (Wildman–Crippen MR) is 144 cm³/mol. The third kappa shape index (κ3) is 4.92. The van der Waals surface area contributed by atoms with Crippen molar-refractivity contribution in [2.24, 2.45) is 0 Å². The number of carbonyl (C=O) groups is 1. The number of ether oxygens (including phenoxy) is 8. The SMILES string of the molecule is CC.COc1cc2c(OC3CC(OC)CCO3)c3c(c(-c4ccc5c(c4)OCO5)c2cc1OC)C(=O)OCC3. The summed E-state index contributed by atoms with van der Waals surface area (Å²) in [5, 5.41) is 1.53. The summed E-state index contributed by atoms with van der Waals surface area (Å²) in [6.07, 6.45) is 1.39. The van der Waals surface area contributed by atoms with Gasteiger partial charge in [0, 0.05) is 36.5 Å². The summed E-state index contributed by atoms with van der Waals surface area (Å²) in [5.41, 5.74) is 2.72. The van der Waals surface area contributed by atoms with Crippen molar-refractivity contribution in [2.75, 3.05) is 41.3 Å². The van der Waals surface area contributed by atoms with Gasteiger partial charge in [0.05, 0.1) is 39.1 Å². The van der Waals surface area contributed by atoms with Crippen molar-refractivity contribution in [1.29, 1.82) is 0 Å². The first kappa shape index (κ1) is 26.9. The molecule has 2 unspecified atom stereocenters. The summed E-state index contributed by atoms with van der Waals surface area (Å²) in [7, 11) is 4.86. The standard InChI is InChI=1S/C28H28O9.C2H6/c1-30-16-6-8-33-24(11-16)37-27-17-7-9-34-28(29)26(17)25(15-4-5-20-23(10-15)36-14-35-20)18-12-21(31-2)22(32-3)13-19(18)27;1-2/h4-5,10,12-13,16,24H,6-9,11,14H2,1-3H3;1-2H3. The lowest BCUT2D eigenvalue weighted by Gasteiger charge is -2.31. The van der Waals surface area contributed by atoms with Gasteiger partial charge in [-0.25, -0.2) is 4.79 Å². The lowest BCUT2D eigenvalue weighted by atomic mass is 9.86. The molecule has 0 aromatic heterocycles. The van der Waals surface area contributed by atoms with E-state index in [1.165, 1.54) is 0 Å². The Hall–Kier alpha value is -3.69. The minimum Gasteiger partial charge on any atom is -0.493 e. The van der Waals surface area contributed by atoms with Crippen LogP contribution < -0.4 is 23.7 Å². The van der Waals surface area contributed by atoms with Crippen LogP contribution in [0.1, 0.15) is 42.6 Å². The zero-order valence-corrected chi connectivity index (χ0v) is 23.0. The fraction of sp³-hybridized carbons (Fsp3) is 0.433. The van der Waals surface area contributed by atoms with Gasteiger partial charge in [0.1, 0.15) is 5.75 Å². The van der Waals surface area contributed by atoms with E-state index < -0.39 is 12.3 Å². The normalized spacial score (nSPS) is 19.5. The van der Waals surface area contributed by atoms with E-state index in [0.29, 0.717) is 59.3 Å². The van der Waals surface area contributed by atoms with Gasteiger partial charge in [-0.15, -0.1) is 0 Å². The van der Waals surface area contributed by atoms with Crippen molar-refractivity contribution in [3.63, 3.8) is 0 Å². The number of methoxy groups -OCH3 is 3. The summed E-state index contributed by atoms with van der Waals surface area (Å²) in [6, 6.07) is 9.38. The van der Waals surface area contributed by atoms with Crippen LogP contribution >= 0.6 is 0 Å².